The van der Waals surface area contributed by atoms with E-state index in [-0.39, 0.29) is 12.5 Å². The van der Waals surface area contributed by atoms with Crippen LogP contribution in [0.4, 0.5) is 0 Å². The van der Waals surface area contributed by atoms with Gasteiger partial charge in [-0.2, -0.15) is 0 Å². The minimum Gasteiger partial charge on any atom is -0.385 e. The SMILES string of the molecule is CCNC(=NCC(=O)NC1CCCCC1)NCC1(CCOC)CCC1. The van der Waals surface area contributed by atoms with Crippen LogP contribution < -0.4 is 16.0 Å². The predicted molar refractivity (Wildman–Crippen MR) is 102 cm³/mol. The third-order valence-electron chi connectivity index (χ3n) is 5.58. The van der Waals surface area contributed by atoms with Crippen molar-refractivity contribution in [3.8, 4) is 0 Å². The molecule has 0 aromatic carbocycles. The summed E-state index contributed by atoms with van der Waals surface area (Å²) in [5.74, 6) is 0.770. The molecule has 0 aliphatic heterocycles. The zero-order valence-electron chi connectivity index (χ0n) is 16.0. The zero-order chi connectivity index (χ0) is 18.0. The molecule has 6 nitrogen and oxygen atoms in total. The van der Waals surface area contributed by atoms with E-state index in [0.29, 0.717) is 11.5 Å². The molecule has 2 aliphatic carbocycles. The summed E-state index contributed by atoms with van der Waals surface area (Å²) in [6.45, 7) is 4.73. The van der Waals surface area contributed by atoms with Gasteiger partial charge >= 0.3 is 0 Å². The van der Waals surface area contributed by atoms with Crippen molar-refractivity contribution in [2.75, 3.05) is 33.4 Å². The maximum atomic E-state index is 12.1. The van der Waals surface area contributed by atoms with Crippen molar-refractivity contribution in [1.29, 1.82) is 0 Å². The highest BCUT2D eigenvalue weighted by Crippen LogP contribution is 2.43. The van der Waals surface area contributed by atoms with Crippen molar-refractivity contribution in [3.63, 3.8) is 0 Å². The van der Waals surface area contributed by atoms with Gasteiger partial charge in [-0.05, 0) is 44.4 Å². The number of nitrogens with one attached hydrogen (secondary N) is 3. The van der Waals surface area contributed by atoms with Gasteiger partial charge in [0.1, 0.15) is 6.54 Å². The third kappa shape index (κ3) is 6.84. The van der Waals surface area contributed by atoms with Crippen molar-refractivity contribution in [2.45, 2.75) is 70.8 Å². The fourth-order valence-electron chi connectivity index (χ4n) is 3.79. The largest absolute Gasteiger partial charge is 0.385 e. The molecule has 2 fully saturated rings. The van der Waals surface area contributed by atoms with Crippen molar-refractivity contribution >= 4 is 11.9 Å². The zero-order valence-corrected chi connectivity index (χ0v) is 16.0. The van der Waals surface area contributed by atoms with Crippen LogP contribution in [0.5, 0.6) is 0 Å². The highest BCUT2D eigenvalue weighted by molar-refractivity contribution is 5.85. The molecule has 25 heavy (non-hydrogen) atoms. The lowest BCUT2D eigenvalue weighted by molar-refractivity contribution is -0.120. The number of carbonyl (C=O) groups is 1. The summed E-state index contributed by atoms with van der Waals surface area (Å²) in [4.78, 5) is 16.6. The van der Waals surface area contributed by atoms with Gasteiger partial charge in [0, 0.05) is 32.8 Å². The number of nitrogens with zero attached hydrogens (tertiary/aromatic N) is 1. The first-order valence-electron chi connectivity index (χ1n) is 9.98. The van der Waals surface area contributed by atoms with Crippen molar-refractivity contribution in [1.82, 2.24) is 16.0 Å². The lowest BCUT2D eigenvalue weighted by Crippen LogP contribution is -2.47. The summed E-state index contributed by atoms with van der Waals surface area (Å²) in [5, 5.41) is 9.80. The second-order valence-corrected chi connectivity index (χ2v) is 7.55. The molecule has 0 bridgehead atoms. The number of amides is 1. The fourth-order valence-corrected chi connectivity index (χ4v) is 3.79. The highest BCUT2D eigenvalue weighted by Gasteiger charge is 2.36. The molecular weight excluding hydrogens is 316 g/mol. The van der Waals surface area contributed by atoms with Crippen LogP contribution in [-0.4, -0.2) is 51.3 Å². The maximum Gasteiger partial charge on any atom is 0.242 e. The number of guanidine groups is 1. The number of ether oxygens (including phenoxy) is 1. The van der Waals surface area contributed by atoms with Gasteiger partial charge in [0.25, 0.3) is 0 Å². The van der Waals surface area contributed by atoms with Crippen LogP contribution in [-0.2, 0) is 9.53 Å². The van der Waals surface area contributed by atoms with E-state index >= 15 is 0 Å². The second-order valence-electron chi connectivity index (χ2n) is 7.55. The number of methoxy groups -OCH3 is 1. The molecule has 2 aliphatic rings. The Morgan fingerprint density at radius 1 is 1.16 bits per heavy atom. The van der Waals surface area contributed by atoms with Crippen LogP contribution in [0.1, 0.15) is 64.7 Å². The Balaban J connectivity index is 1.77. The Morgan fingerprint density at radius 3 is 2.52 bits per heavy atom. The third-order valence-corrected chi connectivity index (χ3v) is 5.58. The van der Waals surface area contributed by atoms with Gasteiger partial charge in [-0.15, -0.1) is 0 Å². The van der Waals surface area contributed by atoms with E-state index in [4.69, 9.17) is 4.74 Å². The van der Waals surface area contributed by atoms with Gasteiger partial charge < -0.3 is 20.7 Å². The number of hydrogen-bond donors (Lipinski definition) is 3. The Bertz CT molecular complexity index is 429. The average molecular weight is 353 g/mol. The summed E-state index contributed by atoms with van der Waals surface area (Å²) < 4.78 is 5.25. The molecule has 0 atom stereocenters. The molecule has 0 aromatic heterocycles. The number of rotatable bonds is 9. The Hall–Kier alpha value is -1.30. The minimum atomic E-state index is 0.0295. The number of carbonyl (C=O) groups excluding carboxylic acids is 1. The van der Waals surface area contributed by atoms with Gasteiger partial charge in [-0.25, -0.2) is 4.99 Å². The molecule has 2 saturated carbocycles. The lowest BCUT2D eigenvalue weighted by atomic mass is 9.67. The fraction of sp³-hybridized carbons (Fsp3) is 0.895. The van der Waals surface area contributed by atoms with Crippen molar-refractivity contribution < 1.29 is 9.53 Å². The first-order chi connectivity index (χ1) is 12.2. The van der Waals surface area contributed by atoms with Gasteiger partial charge in [-0.1, -0.05) is 25.7 Å². The molecular formula is C19H36N4O2. The Kier molecular flexibility index (Phi) is 8.52. The van der Waals surface area contributed by atoms with Crippen LogP contribution in [0.2, 0.25) is 0 Å². The topological polar surface area (TPSA) is 74.8 Å². The Morgan fingerprint density at radius 2 is 1.92 bits per heavy atom. The van der Waals surface area contributed by atoms with E-state index < -0.39 is 0 Å². The lowest BCUT2D eigenvalue weighted by Gasteiger charge is -2.42. The van der Waals surface area contributed by atoms with Gasteiger partial charge in [-0.3, -0.25) is 4.79 Å². The minimum absolute atomic E-state index is 0.0295. The molecule has 2 rings (SSSR count). The standard InChI is InChI=1S/C19H36N4O2/c1-3-20-18(22-15-19(10-7-11-19)12-13-25-2)21-14-17(24)23-16-8-5-4-6-9-16/h16H,3-15H2,1-2H3,(H,23,24)(H2,20,21,22). The first kappa shape index (κ1) is 20.0. The predicted octanol–water partition coefficient (Wildman–Crippen LogP) is 2.20. The van der Waals surface area contributed by atoms with Crippen LogP contribution in [0.15, 0.2) is 4.99 Å². The smallest absolute Gasteiger partial charge is 0.242 e. The van der Waals surface area contributed by atoms with E-state index in [9.17, 15) is 4.79 Å². The van der Waals surface area contributed by atoms with E-state index in [1.807, 2.05) is 6.92 Å². The quantitative estimate of drug-likeness (QED) is 0.439. The van der Waals surface area contributed by atoms with E-state index in [0.717, 1.165) is 44.9 Å². The van der Waals surface area contributed by atoms with Crippen molar-refractivity contribution in [3.05, 3.63) is 0 Å². The van der Waals surface area contributed by atoms with Crippen LogP contribution in [0.25, 0.3) is 0 Å². The van der Waals surface area contributed by atoms with Crippen LogP contribution >= 0.6 is 0 Å². The highest BCUT2D eigenvalue weighted by atomic mass is 16.5. The number of aliphatic imine (C=N–C) groups is 1. The summed E-state index contributed by atoms with van der Waals surface area (Å²) in [5.41, 5.74) is 0.330. The van der Waals surface area contributed by atoms with Gasteiger partial charge in [0.05, 0.1) is 0 Å². The average Bonchev–Trinajstić information content (AvgIpc) is 2.59. The van der Waals surface area contributed by atoms with Gasteiger partial charge in [0.2, 0.25) is 5.91 Å². The summed E-state index contributed by atoms with van der Waals surface area (Å²) in [6.07, 6.45) is 10.8. The maximum absolute atomic E-state index is 12.1. The monoisotopic (exact) mass is 352 g/mol. The van der Waals surface area contributed by atoms with Crippen molar-refractivity contribution in [2.24, 2.45) is 10.4 Å². The van der Waals surface area contributed by atoms with Crippen LogP contribution in [0.3, 0.4) is 0 Å². The van der Waals surface area contributed by atoms with Crippen LogP contribution in [0, 0.1) is 5.41 Å². The molecule has 0 saturated heterocycles. The Labute approximate surface area is 152 Å². The van der Waals surface area contributed by atoms with E-state index in [1.54, 1.807) is 7.11 Å². The first-order valence-corrected chi connectivity index (χ1v) is 9.98. The summed E-state index contributed by atoms with van der Waals surface area (Å²) >= 11 is 0. The molecule has 0 aromatic rings. The molecule has 0 heterocycles. The number of hydrogen-bond acceptors (Lipinski definition) is 3. The molecule has 1 amide bonds. The molecule has 144 valence electrons. The molecule has 6 heteroatoms. The second kappa shape index (κ2) is 10.6. The summed E-state index contributed by atoms with van der Waals surface area (Å²) in [7, 11) is 1.76. The van der Waals surface area contributed by atoms with E-state index in [1.165, 1.54) is 38.5 Å². The molecule has 0 spiro atoms. The normalized spacial score (nSPS) is 20.6. The van der Waals surface area contributed by atoms with Gasteiger partial charge in [0.15, 0.2) is 5.96 Å². The molecule has 3 N–H and O–H groups in total. The summed E-state index contributed by atoms with van der Waals surface area (Å²) in [6, 6.07) is 0.347. The van der Waals surface area contributed by atoms with E-state index in [2.05, 4.69) is 20.9 Å². The molecule has 0 radical (unpaired) electrons. The molecule has 0 unspecified atom stereocenters.